The number of carbonyl (C=O) groups is 2. The molecular weight excluding hydrogens is 510 g/mol. The molecule has 13 heteroatoms. The van der Waals surface area contributed by atoms with Crippen molar-refractivity contribution in [2.75, 3.05) is 5.01 Å². The third-order valence-electron chi connectivity index (χ3n) is 4.63. The number of halogens is 6. The van der Waals surface area contributed by atoms with E-state index in [4.69, 9.17) is 39.6 Å². The van der Waals surface area contributed by atoms with Crippen molar-refractivity contribution >= 4 is 58.2 Å². The Hall–Kier alpha value is -2.95. The molecule has 0 aliphatic carbocycles. The van der Waals surface area contributed by atoms with Gasteiger partial charge in [-0.2, -0.15) is 13.2 Å². The van der Waals surface area contributed by atoms with E-state index in [2.05, 4.69) is 11.7 Å². The van der Waals surface area contributed by atoms with Crippen LogP contribution in [-0.2, 0) is 15.2 Å². The normalized spacial score (nSPS) is 17.7. The van der Waals surface area contributed by atoms with E-state index in [0.29, 0.717) is 5.01 Å². The van der Waals surface area contributed by atoms with E-state index in [1.54, 1.807) is 0 Å². The fraction of sp³-hybridized carbons (Fsp3) is 0.150. The second kappa shape index (κ2) is 9.12. The predicted octanol–water partition coefficient (Wildman–Crippen LogP) is 4.60. The van der Waals surface area contributed by atoms with Crippen molar-refractivity contribution in [2.45, 2.75) is 18.2 Å². The summed E-state index contributed by atoms with van der Waals surface area (Å²) in [6, 6.07) is 7.04. The van der Waals surface area contributed by atoms with Crippen LogP contribution in [0.4, 0.5) is 23.7 Å². The summed E-state index contributed by atoms with van der Waals surface area (Å²) in [7, 11) is 0. The summed E-state index contributed by atoms with van der Waals surface area (Å²) in [5.41, 5.74) is -1.70. The van der Waals surface area contributed by atoms with E-state index >= 15 is 0 Å². The molecule has 0 saturated carbocycles. The van der Waals surface area contributed by atoms with E-state index in [-0.39, 0.29) is 37.6 Å². The zero-order valence-corrected chi connectivity index (χ0v) is 18.5. The van der Waals surface area contributed by atoms with Gasteiger partial charge >= 0.3 is 6.18 Å². The third-order valence-corrected chi connectivity index (χ3v) is 5.38. The Labute approximate surface area is 199 Å². The van der Waals surface area contributed by atoms with Crippen LogP contribution in [0.3, 0.4) is 0 Å². The molecule has 3 rings (SSSR count). The molecule has 0 bridgehead atoms. The number of rotatable bonds is 4. The minimum Gasteiger partial charge on any atom is -0.528 e. The largest absolute Gasteiger partial charge is 0.528 e. The van der Waals surface area contributed by atoms with Gasteiger partial charge in [-0.05, 0) is 36.4 Å². The number of hydrogen-bond acceptors (Lipinski definition) is 5. The van der Waals surface area contributed by atoms with Gasteiger partial charge in [0.25, 0.3) is 11.5 Å². The molecule has 0 fully saturated rings. The molecule has 0 saturated heterocycles. The molecule has 174 valence electrons. The zero-order chi connectivity index (χ0) is 24.6. The van der Waals surface area contributed by atoms with Gasteiger partial charge in [-0.1, -0.05) is 52.6 Å². The maximum Gasteiger partial charge on any atom is 0.435 e. The number of amides is 2. The molecular formula is C20H12Cl3F3N3O4-. The van der Waals surface area contributed by atoms with Crippen molar-refractivity contribution in [1.29, 1.82) is 0 Å². The quantitative estimate of drug-likeness (QED) is 0.470. The number of nitrogens with one attached hydrogen (secondary N) is 1. The molecule has 1 aliphatic heterocycles. The van der Waals surface area contributed by atoms with Crippen molar-refractivity contribution in [1.82, 2.24) is 5.43 Å². The number of nitrogens with zero attached hydrogens (tertiary/aromatic N) is 2. The predicted molar refractivity (Wildman–Crippen MR) is 114 cm³/mol. The lowest BCUT2D eigenvalue weighted by Gasteiger charge is -2.29. The van der Waals surface area contributed by atoms with Crippen LogP contribution in [0, 0.1) is 0 Å². The number of carbonyl (C=O) groups excluding carboxylic acids is 2. The molecule has 1 heterocycles. The lowest BCUT2D eigenvalue weighted by atomic mass is 9.86. The average Bonchev–Trinajstić information content (AvgIpc) is 3.18. The smallest absolute Gasteiger partial charge is 0.435 e. The van der Waals surface area contributed by atoms with Crippen LogP contribution in [0.2, 0.25) is 15.1 Å². The number of hydrogen-bond donors (Lipinski definition) is 1. The Bertz CT molecular complexity index is 1150. The van der Waals surface area contributed by atoms with Crippen molar-refractivity contribution in [2.24, 2.45) is 5.16 Å². The van der Waals surface area contributed by atoms with Crippen molar-refractivity contribution in [3.63, 3.8) is 0 Å². The van der Waals surface area contributed by atoms with Crippen LogP contribution in [0.1, 0.15) is 17.5 Å². The van der Waals surface area contributed by atoms with E-state index in [1.165, 1.54) is 18.2 Å². The fourth-order valence-corrected chi connectivity index (χ4v) is 3.80. The first kappa shape index (κ1) is 24.7. The maximum absolute atomic E-state index is 14.2. The topological polar surface area (TPSA) is 94.1 Å². The standard InChI is InChI=1S/C20H13Cl3F3N3O4/c1-2-17(30)27-29(18(31)32)16-5-10(3-4-14(16)23)15-9-19(33-28-15,20(24,25)26)11-6-12(21)8-13(22)7-11/h2-8H,1,9H2,(H,27,30)(H,31,32)/p-1. The highest BCUT2D eigenvalue weighted by Crippen LogP contribution is 2.50. The number of oxime groups is 1. The molecule has 2 amide bonds. The van der Waals surface area contributed by atoms with E-state index < -0.39 is 30.2 Å². The van der Waals surface area contributed by atoms with Gasteiger partial charge < -0.3 is 14.7 Å². The molecule has 0 aromatic heterocycles. The summed E-state index contributed by atoms with van der Waals surface area (Å²) in [6.45, 7) is 3.20. The fourth-order valence-electron chi connectivity index (χ4n) is 3.07. The van der Waals surface area contributed by atoms with Gasteiger partial charge in [0, 0.05) is 27.6 Å². The first-order valence-corrected chi connectivity index (χ1v) is 10.0. The van der Waals surface area contributed by atoms with Gasteiger partial charge in [-0.3, -0.25) is 10.2 Å². The highest BCUT2D eigenvalue weighted by Gasteiger charge is 2.62. The van der Waals surface area contributed by atoms with Crippen LogP contribution in [0.5, 0.6) is 0 Å². The van der Waals surface area contributed by atoms with Gasteiger partial charge in [0.2, 0.25) is 0 Å². The van der Waals surface area contributed by atoms with Crippen LogP contribution in [0.25, 0.3) is 0 Å². The van der Waals surface area contributed by atoms with E-state index in [0.717, 1.165) is 24.3 Å². The monoisotopic (exact) mass is 520 g/mol. The van der Waals surface area contributed by atoms with E-state index in [1.807, 2.05) is 5.43 Å². The molecule has 1 unspecified atom stereocenters. The second-order valence-electron chi connectivity index (χ2n) is 6.74. The highest BCUT2D eigenvalue weighted by atomic mass is 35.5. The molecule has 1 aliphatic rings. The minimum atomic E-state index is -4.92. The Balaban J connectivity index is 2.03. The number of hydrazine groups is 1. The molecule has 2 aromatic carbocycles. The van der Waals surface area contributed by atoms with Crippen LogP contribution in [-0.4, -0.2) is 23.9 Å². The average molecular weight is 522 g/mol. The molecule has 1 N–H and O–H groups in total. The molecule has 7 nitrogen and oxygen atoms in total. The number of alkyl halides is 3. The van der Waals surface area contributed by atoms with Crippen molar-refractivity contribution in [3.8, 4) is 0 Å². The summed E-state index contributed by atoms with van der Waals surface area (Å²) >= 11 is 17.8. The third kappa shape index (κ3) is 4.87. The Morgan fingerprint density at radius 3 is 2.36 bits per heavy atom. The second-order valence-corrected chi connectivity index (χ2v) is 8.02. The summed E-state index contributed by atoms with van der Waals surface area (Å²) in [5, 5.41) is 15.2. The summed E-state index contributed by atoms with van der Waals surface area (Å²) in [5.74, 6) is -0.892. The van der Waals surface area contributed by atoms with Gasteiger partial charge in [-0.25, -0.2) is 5.01 Å². The summed E-state index contributed by atoms with van der Waals surface area (Å²) in [6.07, 6.45) is -6.75. The summed E-state index contributed by atoms with van der Waals surface area (Å²) < 4.78 is 42.5. The van der Waals surface area contributed by atoms with Gasteiger partial charge in [-0.15, -0.1) is 0 Å². The van der Waals surface area contributed by atoms with Gasteiger partial charge in [0.05, 0.1) is 16.4 Å². The number of benzene rings is 2. The van der Waals surface area contributed by atoms with Crippen LogP contribution in [0.15, 0.2) is 54.2 Å². The SMILES string of the molecule is C=CC(=O)NN(C(=O)[O-])c1cc(C2=NOC(c3cc(Cl)cc(Cl)c3)(C(F)(F)F)C2)ccc1Cl. The molecule has 0 spiro atoms. The van der Waals surface area contributed by atoms with Crippen LogP contribution < -0.4 is 15.5 Å². The lowest BCUT2D eigenvalue weighted by molar-refractivity contribution is -0.275. The van der Waals surface area contributed by atoms with E-state index in [9.17, 15) is 27.9 Å². The minimum absolute atomic E-state index is 0.0329. The summed E-state index contributed by atoms with van der Waals surface area (Å²) in [4.78, 5) is 28.0. The lowest BCUT2D eigenvalue weighted by Crippen LogP contribution is -2.52. The Morgan fingerprint density at radius 2 is 1.82 bits per heavy atom. The first-order valence-electron chi connectivity index (χ1n) is 8.90. The molecule has 2 aromatic rings. The highest BCUT2D eigenvalue weighted by molar-refractivity contribution is 6.35. The zero-order valence-electron chi connectivity index (χ0n) is 16.3. The van der Waals surface area contributed by atoms with Crippen molar-refractivity contribution < 1.29 is 32.7 Å². The molecule has 33 heavy (non-hydrogen) atoms. The van der Waals surface area contributed by atoms with Gasteiger partial charge in [0.1, 0.15) is 0 Å². The molecule has 1 atom stereocenters. The maximum atomic E-state index is 14.2. The Kier molecular flexibility index (Phi) is 6.83. The molecule has 0 radical (unpaired) electrons. The number of carboxylic acid groups (broad SMARTS) is 1. The first-order chi connectivity index (χ1) is 15.4. The van der Waals surface area contributed by atoms with Crippen molar-refractivity contribution in [3.05, 3.63) is 75.2 Å². The Morgan fingerprint density at radius 1 is 1.18 bits per heavy atom. The van der Waals surface area contributed by atoms with Gasteiger partial charge in [0.15, 0.2) is 6.09 Å². The number of anilines is 1. The van der Waals surface area contributed by atoms with Crippen LogP contribution >= 0.6 is 34.8 Å².